The van der Waals surface area contributed by atoms with Crippen LogP contribution in [0.1, 0.15) is 20.3 Å². The summed E-state index contributed by atoms with van der Waals surface area (Å²) in [5.41, 5.74) is 0. The van der Waals surface area contributed by atoms with Gasteiger partial charge in [-0.05, 0) is 13.8 Å². The van der Waals surface area contributed by atoms with Crippen molar-refractivity contribution in [3.63, 3.8) is 0 Å². The fourth-order valence-electron chi connectivity index (χ4n) is 1.13. The standard InChI is InChI=1S/C10H16O3/c1-3-6-12-10(13-7-4-2)5-8-11-9-10/h3-4,6-7H,5,8-9H2,1-2H3. The largest absolute Gasteiger partial charge is 0.458 e. The second kappa shape index (κ2) is 4.92. The normalized spacial score (nSPS) is 28.8. The molecule has 1 heterocycles. The lowest BCUT2D eigenvalue weighted by Gasteiger charge is -2.25. The Hall–Kier alpha value is -0.960. The van der Waals surface area contributed by atoms with Crippen molar-refractivity contribution in [3.8, 4) is 0 Å². The molecule has 0 amide bonds. The van der Waals surface area contributed by atoms with Gasteiger partial charge in [0.1, 0.15) is 6.61 Å². The Bertz CT molecular complexity index is 174. The van der Waals surface area contributed by atoms with Crippen LogP contribution in [0.5, 0.6) is 0 Å². The smallest absolute Gasteiger partial charge is 0.275 e. The molecular weight excluding hydrogens is 168 g/mol. The van der Waals surface area contributed by atoms with Crippen molar-refractivity contribution in [3.05, 3.63) is 24.7 Å². The molecule has 0 aromatic rings. The van der Waals surface area contributed by atoms with Gasteiger partial charge in [-0.2, -0.15) is 0 Å². The number of hydrogen-bond donors (Lipinski definition) is 0. The van der Waals surface area contributed by atoms with Crippen LogP contribution < -0.4 is 0 Å². The maximum atomic E-state index is 5.46. The first-order valence-corrected chi connectivity index (χ1v) is 4.49. The summed E-state index contributed by atoms with van der Waals surface area (Å²) in [6, 6.07) is 0. The molecular formula is C10H16O3. The molecule has 74 valence electrons. The van der Waals surface area contributed by atoms with Crippen molar-refractivity contribution in [1.29, 1.82) is 0 Å². The molecule has 1 saturated heterocycles. The zero-order chi connectivity index (χ0) is 9.57. The summed E-state index contributed by atoms with van der Waals surface area (Å²) in [6.07, 6.45) is 7.70. The third-order valence-corrected chi connectivity index (χ3v) is 1.79. The highest BCUT2D eigenvalue weighted by atomic mass is 16.7. The van der Waals surface area contributed by atoms with E-state index in [0.717, 1.165) is 6.42 Å². The lowest BCUT2D eigenvalue weighted by Crippen LogP contribution is -2.33. The van der Waals surface area contributed by atoms with Crippen LogP contribution >= 0.6 is 0 Å². The minimum Gasteiger partial charge on any atom is -0.458 e. The van der Waals surface area contributed by atoms with E-state index in [-0.39, 0.29) is 0 Å². The average Bonchev–Trinajstić information content (AvgIpc) is 2.61. The van der Waals surface area contributed by atoms with Crippen molar-refractivity contribution >= 4 is 0 Å². The number of rotatable bonds is 4. The molecule has 0 radical (unpaired) electrons. The molecule has 1 aliphatic heterocycles. The van der Waals surface area contributed by atoms with E-state index < -0.39 is 5.79 Å². The topological polar surface area (TPSA) is 27.7 Å². The van der Waals surface area contributed by atoms with E-state index in [2.05, 4.69) is 0 Å². The number of ether oxygens (including phenoxy) is 3. The molecule has 0 unspecified atom stereocenters. The summed E-state index contributed by atoms with van der Waals surface area (Å²) >= 11 is 0. The van der Waals surface area contributed by atoms with Gasteiger partial charge in [0.25, 0.3) is 5.79 Å². The average molecular weight is 184 g/mol. The van der Waals surface area contributed by atoms with E-state index in [9.17, 15) is 0 Å². The van der Waals surface area contributed by atoms with Gasteiger partial charge in [0.2, 0.25) is 0 Å². The molecule has 1 rings (SSSR count). The Balaban J connectivity index is 2.52. The third kappa shape index (κ3) is 2.77. The van der Waals surface area contributed by atoms with Gasteiger partial charge in [-0.25, -0.2) is 0 Å². The zero-order valence-electron chi connectivity index (χ0n) is 8.16. The zero-order valence-corrected chi connectivity index (χ0v) is 8.16. The van der Waals surface area contributed by atoms with Crippen LogP contribution in [0.15, 0.2) is 24.7 Å². The van der Waals surface area contributed by atoms with Crippen molar-refractivity contribution in [2.24, 2.45) is 0 Å². The second-order valence-electron chi connectivity index (χ2n) is 2.89. The Morgan fingerprint density at radius 2 is 1.77 bits per heavy atom. The number of hydrogen-bond acceptors (Lipinski definition) is 3. The van der Waals surface area contributed by atoms with E-state index in [0.29, 0.717) is 13.2 Å². The SMILES string of the molecule is CC=COC1(OC=CC)CCOC1. The van der Waals surface area contributed by atoms with Gasteiger partial charge in [-0.1, -0.05) is 12.2 Å². The van der Waals surface area contributed by atoms with E-state index in [1.807, 2.05) is 26.0 Å². The lowest BCUT2D eigenvalue weighted by molar-refractivity contribution is -0.169. The van der Waals surface area contributed by atoms with Crippen LogP contribution in [0.2, 0.25) is 0 Å². The molecule has 0 spiro atoms. The van der Waals surface area contributed by atoms with Crippen molar-refractivity contribution in [2.75, 3.05) is 13.2 Å². The molecule has 0 aromatic heterocycles. The maximum Gasteiger partial charge on any atom is 0.275 e. The molecule has 0 aliphatic carbocycles. The predicted molar refractivity (Wildman–Crippen MR) is 50.0 cm³/mol. The van der Waals surface area contributed by atoms with E-state index in [4.69, 9.17) is 14.2 Å². The first-order valence-electron chi connectivity index (χ1n) is 4.49. The molecule has 1 fully saturated rings. The van der Waals surface area contributed by atoms with Gasteiger partial charge in [0.15, 0.2) is 0 Å². The van der Waals surface area contributed by atoms with Crippen molar-refractivity contribution in [2.45, 2.75) is 26.1 Å². The van der Waals surface area contributed by atoms with E-state index >= 15 is 0 Å². The van der Waals surface area contributed by atoms with E-state index in [1.54, 1.807) is 12.5 Å². The van der Waals surface area contributed by atoms with Gasteiger partial charge < -0.3 is 14.2 Å². The third-order valence-electron chi connectivity index (χ3n) is 1.79. The number of allylic oxidation sites excluding steroid dienone is 2. The van der Waals surface area contributed by atoms with Crippen LogP contribution in [0, 0.1) is 0 Å². The van der Waals surface area contributed by atoms with Crippen LogP contribution in [0.25, 0.3) is 0 Å². The van der Waals surface area contributed by atoms with Crippen LogP contribution in [-0.4, -0.2) is 19.0 Å². The summed E-state index contributed by atoms with van der Waals surface area (Å²) in [7, 11) is 0. The van der Waals surface area contributed by atoms with Gasteiger partial charge in [-0.3, -0.25) is 0 Å². The Labute approximate surface area is 79.0 Å². The van der Waals surface area contributed by atoms with Crippen LogP contribution in [0.4, 0.5) is 0 Å². The summed E-state index contributed by atoms with van der Waals surface area (Å²) in [4.78, 5) is 0. The quantitative estimate of drug-likeness (QED) is 0.495. The fourth-order valence-corrected chi connectivity index (χ4v) is 1.13. The monoisotopic (exact) mass is 184 g/mol. The molecule has 0 bridgehead atoms. The Morgan fingerprint density at radius 1 is 1.15 bits per heavy atom. The molecule has 0 saturated carbocycles. The van der Waals surface area contributed by atoms with E-state index in [1.165, 1.54) is 0 Å². The van der Waals surface area contributed by atoms with Crippen molar-refractivity contribution in [1.82, 2.24) is 0 Å². The first kappa shape index (κ1) is 10.1. The Kier molecular flexibility index (Phi) is 3.83. The molecule has 13 heavy (non-hydrogen) atoms. The predicted octanol–water partition coefficient (Wildman–Crippen LogP) is 2.20. The maximum absolute atomic E-state index is 5.46. The van der Waals surface area contributed by atoms with Gasteiger partial charge in [0, 0.05) is 0 Å². The molecule has 0 aromatic carbocycles. The molecule has 0 N–H and O–H groups in total. The highest BCUT2D eigenvalue weighted by Gasteiger charge is 2.37. The molecule has 0 atom stereocenters. The minimum atomic E-state index is -0.598. The highest BCUT2D eigenvalue weighted by molar-refractivity contribution is 4.83. The lowest BCUT2D eigenvalue weighted by atomic mass is 10.2. The van der Waals surface area contributed by atoms with Gasteiger partial charge in [0.05, 0.1) is 25.6 Å². The summed E-state index contributed by atoms with van der Waals surface area (Å²) in [5, 5.41) is 0. The fraction of sp³-hybridized carbons (Fsp3) is 0.600. The van der Waals surface area contributed by atoms with Crippen molar-refractivity contribution < 1.29 is 14.2 Å². The first-order chi connectivity index (χ1) is 6.33. The van der Waals surface area contributed by atoms with Crippen LogP contribution in [0.3, 0.4) is 0 Å². The molecule has 3 nitrogen and oxygen atoms in total. The summed E-state index contributed by atoms with van der Waals surface area (Å²) in [6.45, 7) is 4.98. The summed E-state index contributed by atoms with van der Waals surface area (Å²) < 4.78 is 16.2. The Morgan fingerprint density at radius 3 is 2.15 bits per heavy atom. The molecule has 1 aliphatic rings. The minimum absolute atomic E-state index is 0.488. The highest BCUT2D eigenvalue weighted by Crippen LogP contribution is 2.25. The van der Waals surface area contributed by atoms with Gasteiger partial charge >= 0.3 is 0 Å². The van der Waals surface area contributed by atoms with Crippen LogP contribution in [-0.2, 0) is 14.2 Å². The van der Waals surface area contributed by atoms with Gasteiger partial charge in [-0.15, -0.1) is 0 Å². The molecule has 3 heteroatoms. The summed E-state index contributed by atoms with van der Waals surface area (Å²) in [5.74, 6) is -0.598. The second-order valence-corrected chi connectivity index (χ2v) is 2.89.